The zero-order valence-corrected chi connectivity index (χ0v) is 10.2. The number of pyridine rings is 1. The molecular formula is C14H15N2O2+. The summed E-state index contributed by atoms with van der Waals surface area (Å²) in [4.78, 5) is 0. The van der Waals surface area contributed by atoms with Crippen LogP contribution >= 0.6 is 0 Å². The highest BCUT2D eigenvalue weighted by molar-refractivity contribution is 5.74. The summed E-state index contributed by atoms with van der Waals surface area (Å²) in [5.74, 6) is 0.842. The molecule has 0 spiro atoms. The minimum atomic E-state index is 0.714. The topological polar surface area (TPSA) is 45.7 Å². The van der Waals surface area contributed by atoms with Crippen LogP contribution in [-0.4, -0.2) is 18.5 Å². The van der Waals surface area contributed by atoms with E-state index in [0.717, 1.165) is 17.0 Å². The van der Waals surface area contributed by atoms with E-state index in [1.807, 2.05) is 53.2 Å². The van der Waals surface area contributed by atoms with Gasteiger partial charge in [0.1, 0.15) is 12.0 Å². The summed E-state index contributed by atoms with van der Waals surface area (Å²) in [7, 11) is 1.65. The molecule has 2 rings (SSSR count). The maximum absolute atomic E-state index is 8.62. The molecule has 0 saturated carbocycles. The molecule has 1 N–H and O–H groups in total. The Hall–Kier alpha value is -2.36. The number of ether oxygens (including phenoxy) is 1. The van der Waals surface area contributed by atoms with Crippen LogP contribution in [0.15, 0.2) is 53.8 Å². The number of nitrogens with zero attached hydrogens (tertiary/aromatic N) is 2. The normalized spacial score (nSPS) is 10.7. The molecular weight excluding hydrogens is 228 g/mol. The molecule has 0 aliphatic carbocycles. The zero-order chi connectivity index (χ0) is 12.8. The Morgan fingerprint density at radius 1 is 1.22 bits per heavy atom. The van der Waals surface area contributed by atoms with Crippen LogP contribution < -0.4 is 9.30 Å². The molecule has 0 amide bonds. The fourth-order valence-electron chi connectivity index (χ4n) is 1.74. The third kappa shape index (κ3) is 2.85. The Balaban J connectivity index is 2.22. The van der Waals surface area contributed by atoms with Crippen molar-refractivity contribution in [2.75, 3.05) is 7.11 Å². The number of methoxy groups -OCH3 is 1. The Morgan fingerprint density at radius 3 is 2.67 bits per heavy atom. The summed E-state index contributed by atoms with van der Waals surface area (Å²) in [6.07, 6.45) is 3.37. The van der Waals surface area contributed by atoms with Gasteiger partial charge in [-0.2, -0.15) is 4.57 Å². The summed E-state index contributed by atoms with van der Waals surface area (Å²) in [6, 6.07) is 13.6. The largest absolute Gasteiger partial charge is 0.497 e. The Kier molecular flexibility index (Phi) is 3.91. The molecule has 0 fully saturated rings. The van der Waals surface area contributed by atoms with E-state index in [2.05, 4.69) is 5.16 Å². The first kappa shape index (κ1) is 12.1. The molecule has 0 atom stereocenters. The van der Waals surface area contributed by atoms with Gasteiger partial charge >= 0.3 is 0 Å². The summed E-state index contributed by atoms with van der Waals surface area (Å²) in [5.41, 5.74) is 2.00. The molecule has 1 heterocycles. The number of hydrogen-bond donors (Lipinski definition) is 1. The van der Waals surface area contributed by atoms with Crippen molar-refractivity contribution in [3.8, 4) is 5.75 Å². The van der Waals surface area contributed by atoms with E-state index in [0.29, 0.717) is 6.54 Å². The quantitative estimate of drug-likeness (QED) is 0.385. The Bertz CT molecular complexity index is 536. The van der Waals surface area contributed by atoms with Crippen LogP contribution in [0.2, 0.25) is 0 Å². The number of benzene rings is 1. The lowest BCUT2D eigenvalue weighted by molar-refractivity contribution is -0.689. The first-order valence-corrected chi connectivity index (χ1v) is 5.62. The zero-order valence-electron chi connectivity index (χ0n) is 10.2. The van der Waals surface area contributed by atoms with Gasteiger partial charge in [0, 0.05) is 17.7 Å². The maximum Gasteiger partial charge on any atom is 0.227 e. The molecule has 4 heteroatoms. The molecule has 0 saturated heterocycles. The highest BCUT2D eigenvalue weighted by Gasteiger charge is 2.08. The average molecular weight is 243 g/mol. The molecule has 0 radical (unpaired) electrons. The molecule has 0 unspecified atom stereocenters. The van der Waals surface area contributed by atoms with Gasteiger partial charge in [0.15, 0.2) is 12.7 Å². The first-order valence-electron chi connectivity index (χ1n) is 5.62. The molecule has 0 aliphatic heterocycles. The summed E-state index contributed by atoms with van der Waals surface area (Å²) < 4.78 is 7.12. The van der Waals surface area contributed by atoms with Gasteiger partial charge in [-0.1, -0.05) is 5.16 Å². The maximum atomic E-state index is 8.62. The van der Waals surface area contributed by atoms with E-state index in [4.69, 9.17) is 9.94 Å². The predicted molar refractivity (Wildman–Crippen MR) is 68.1 cm³/mol. The van der Waals surface area contributed by atoms with Crippen molar-refractivity contribution in [2.45, 2.75) is 6.54 Å². The van der Waals surface area contributed by atoms with Crippen LogP contribution in [0.1, 0.15) is 11.3 Å². The Labute approximate surface area is 106 Å². The number of aromatic nitrogens is 1. The van der Waals surface area contributed by atoms with Crippen LogP contribution in [0.3, 0.4) is 0 Å². The average Bonchev–Trinajstić information content (AvgIpc) is 2.42. The van der Waals surface area contributed by atoms with Crippen LogP contribution in [0.5, 0.6) is 5.75 Å². The predicted octanol–water partition coefficient (Wildman–Crippen LogP) is 1.84. The van der Waals surface area contributed by atoms with Gasteiger partial charge in [0.05, 0.1) is 7.11 Å². The highest BCUT2D eigenvalue weighted by Crippen LogP contribution is 2.10. The van der Waals surface area contributed by atoms with Crippen LogP contribution in [0.4, 0.5) is 0 Å². The second-order valence-electron chi connectivity index (χ2n) is 3.85. The van der Waals surface area contributed by atoms with Crippen molar-refractivity contribution in [1.82, 2.24) is 0 Å². The first-order chi connectivity index (χ1) is 8.83. The third-order valence-electron chi connectivity index (χ3n) is 2.68. The van der Waals surface area contributed by atoms with Gasteiger partial charge in [-0.25, -0.2) is 0 Å². The van der Waals surface area contributed by atoms with Crippen LogP contribution in [-0.2, 0) is 6.54 Å². The number of rotatable bonds is 4. The second kappa shape index (κ2) is 5.82. The smallest absolute Gasteiger partial charge is 0.227 e. The molecule has 0 bridgehead atoms. The van der Waals surface area contributed by atoms with Gasteiger partial charge in [0.2, 0.25) is 5.69 Å². The van der Waals surface area contributed by atoms with Crippen molar-refractivity contribution in [1.29, 1.82) is 0 Å². The number of oxime groups is 1. The molecule has 0 aliphatic rings. The van der Waals surface area contributed by atoms with E-state index in [9.17, 15) is 0 Å². The molecule has 18 heavy (non-hydrogen) atoms. The van der Waals surface area contributed by atoms with Crippen LogP contribution in [0, 0.1) is 0 Å². The van der Waals surface area contributed by atoms with E-state index >= 15 is 0 Å². The van der Waals surface area contributed by atoms with Gasteiger partial charge in [-0.05, 0) is 30.3 Å². The van der Waals surface area contributed by atoms with Gasteiger partial charge in [-0.3, -0.25) is 0 Å². The molecule has 4 nitrogen and oxygen atoms in total. The van der Waals surface area contributed by atoms with E-state index in [1.54, 1.807) is 7.11 Å². The second-order valence-corrected chi connectivity index (χ2v) is 3.85. The summed E-state index contributed by atoms with van der Waals surface area (Å²) in [5, 5.41) is 11.7. The SMILES string of the molecule is COc1ccc(C[n+]2ccccc2/C=N/O)cc1. The van der Waals surface area contributed by atoms with Gasteiger partial charge < -0.3 is 9.94 Å². The van der Waals surface area contributed by atoms with E-state index < -0.39 is 0 Å². The summed E-state index contributed by atoms with van der Waals surface area (Å²) >= 11 is 0. The van der Waals surface area contributed by atoms with Gasteiger partial charge in [-0.15, -0.1) is 0 Å². The lowest BCUT2D eigenvalue weighted by atomic mass is 10.2. The molecule has 92 valence electrons. The molecule has 2 aromatic rings. The summed E-state index contributed by atoms with van der Waals surface area (Å²) in [6.45, 7) is 0.714. The van der Waals surface area contributed by atoms with Crippen molar-refractivity contribution < 1.29 is 14.5 Å². The van der Waals surface area contributed by atoms with E-state index in [1.165, 1.54) is 6.21 Å². The lowest BCUT2D eigenvalue weighted by Crippen LogP contribution is -2.38. The van der Waals surface area contributed by atoms with Crippen molar-refractivity contribution >= 4 is 6.21 Å². The fraction of sp³-hybridized carbons (Fsp3) is 0.143. The standard InChI is InChI=1S/C14H14N2O2/c1-18-14-7-5-12(6-8-14)11-16-9-3-2-4-13(16)10-15-17/h2-10H,11H2,1H3/p+1. The Morgan fingerprint density at radius 2 is 2.00 bits per heavy atom. The minimum Gasteiger partial charge on any atom is -0.497 e. The minimum absolute atomic E-state index is 0.714. The molecule has 1 aromatic carbocycles. The van der Waals surface area contributed by atoms with Crippen molar-refractivity contribution in [3.63, 3.8) is 0 Å². The van der Waals surface area contributed by atoms with Crippen molar-refractivity contribution in [3.05, 3.63) is 59.9 Å². The molecule has 1 aromatic heterocycles. The monoisotopic (exact) mass is 243 g/mol. The highest BCUT2D eigenvalue weighted by atomic mass is 16.5. The third-order valence-corrected chi connectivity index (χ3v) is 2.68. The lowest BCUT2D eigenvalue weighted by Gasteiger charge is -2.02. The number of hydrogen-bond acceptors (Lipinski definition) is 3. The van der Waals surface area contributed by atoms with Crippen LogP contribution in [0.25, 0.3) is 0 Å². The van der Waals surface area contributed by atoms with Crippen molar-refractivity contribution in [2.24, 2.45) is 5.16 Å². The van der Waals surface area contributed by atoms with E-state index in [-0.39, 0.29) is 0 Å². The van der Waals surface area contributed by atoms with Gasteiger partial charge in [0.25, 0.3) is 0 Å². The fourth-order valence-corrected chi connectivity index (χ4v) is 1.74.